The van der Waals surface area contributed by atoms with E-state index in [9.17, 15) is 14.3 Å². The number of thiazole rings is 1. The van der Waals surface area contributed by atoms with Crippen molar-refractivity contribution in [2.24, 2.45) is 5.92 Å². The van der Waals surface area contributed by atoms with Crippen molar-refractivity contribution in [2.45, 2.75) is 64.2 Å². The van der Waals surface area contributed by atoms with Gasteiger partial charge in [-0.2, -0.15) is 0 Å². The Morgan fingerprint density at radius 2 is 1.98 bits per heavy atom. The number of halogens is 1. The van der Waals surface area contributed by atoms with Crippen LogP contribution in [0, 0.1) is 18.7 Å². The maximum atomic E-state index is 14.7. The largest absolute Gasteiger partial charge is 0.488 e. The number of ether oxygens (including phenoxy) is 3. The van der Waals surface area contributed by atoms with E-state index >= 15 is 0 Å². The SMILES string of the molecule is CO[C@@H]1CN(c2nc(-c3cc(F)cc(C)c3OCc3ccc4c(c3)[C@@H](C)CN(C3CCOCC3)CC4)cs2)CC[C@@H]1C(=O)O. The van der Waals surface area contributed by atoms with Crippen molar-refractivity contribution in [2.75, 3.05) is 51.4 Å². The van der Waals surface area contributed by atoms with Crippen molar-refractivity contribution >= 4 is 22.4 Å². The number of fused-ring (bicyclic) bond motifs is 1. The summed E-state index contributed by atoms with van der Waals surface area (Å²) in [6.45, 7) is 9.41. The van der Waals surface area contributed by atoms with Crippen LogP contribution in [-0.2, 0) is 27.3 Å². The number of nitrogens with zero attached hydrogens (tertiary/aromatic N) is 3. The van der Waals surface area contributed by atoms with E-state index in [1.54, 1.807) is 7.11 Å². The van der Waals surface area contributed by atoms with Crippen molar-refractivity contribution in [1.82, 2.24) is 9.88 Å². The smallest absolute Gasteiger partial charge is 0.309 e. The summed E-state index contributed by atoms with van der Waals surface area (Å²) in [7, 11) is 1.54. The molecule has 0 amide bonds. The van der Waals surface area contributed by atoms with Crippen molar-refractivity contribution in [3.8, 4) is 17.0 Å². The van der Waals surface area contributed by atoms with E-state index in [1.807, 2.05) is 12.3 Å². The first-order chi connectivity index (χ1) is 21.3. The number of aromatic nitrogens is 1. The summed E-state index contributed by atoms with van der Waals surface area (Å²) in [6, 6.07) is 10.3. The van der Waals surface area contributed by atoms with Crippen molar-refractivity contribution in [1.29, 1.82) is 0 Å². The fourth-order valence-electron chi connectivity index (χ4n) is 7.02. The Kier molecular flexibility index (Phi) is 9.51. The average Bonchev–Trinajstić information content (AvgIpc) is 3.46. The summed E-state index contributed by atoms with van der Waals surface area (Å²) in [5.41, 5.74) is 5.86. The molecule has 1 aromatic heterocycles. The lowest BCUT2D eigenvalue weighted by Crippen LogP contribution is -2.47. The molecule has 0 spiro atoms. The summed E-state index contributed by atoms with van der Waals surface area (Å²) in [4.78, 5) is 21.2. The lowest BCUT2D eigenvalue weighted by Gasteiger charge is -2.35. The Labute approximate surface area is 262 Å². The molecule has 0 radical (unpaired) electrons. The second-order valence-electron chi connectivity index (χ2n) is 12.4. The van der Waals surface area contributed by atoms with Crippen LogP contribution in [0.15, 0.2) is 35.7 Å². The first-order valence-electron chi connectivity index (χ1n) is 15.6. The zero-order valence-corrected chi connectivity index (χ0v) is 26.6. The number of piperidine rings is 1. The van der Waals surface area contributed by atoms with E-state index in [0.29, 0.717) is 60.6 Å². The first-order valence-corrected chi connectivity index (χ1v) is 16.5. The van der Waals surface area contributed by atoms with Gasteiger partial charge in [0.25, 0.3) is 0 Å². The number of hydrogen-bond acceptors (Lipinski definition) is 8. The fourth-order valence-corrected chi connectivity index (χ4v) is 7.88. The summed E-state index contributed by atoms with van der Waals surface area (Å²) in [5, 5.41) is 12.2. The molecule has 3 atom stereocenters. The summed E-state index contributed by atoms with van der Waals surface area (Å²) in [6.07, 6.45) is 3.32. The molecule has 10 heteroatoms. The van der Waals surface area contributed by atoms with Crippen LogP contribution in [0.5, 0.6) is 5.75 Å². The highest BCUT2D eigenvalue weighted by Gasteiger charge is 2.35. The normalized spacial score (nSPS) is 23.3. The Balaban J connectivity index is 1.18. The summed E-state index contributed by atoms with van der Waals surface area (Å²) >= 11 is 1.46. The van der Waals surface area contributed by atoms with Gasteiger partial charge in [-0.3, -0.25) is 9.69 Å². The number of hydrogen-bond donors (Lipinski definition) is 1. The molecule has 4 heterocycles. The number of carboxylic acid groups (broad SMARTS) is 1. The van der Waals surface area contributed by atoms with E-state index in [4.69, 9.17) is 19.2 Å². The van der Waals surface area contributed by atoms with E-state index in [2.05, 4.69) is 34.9 Å². The van der Waals surface area contributed by atoms with Gasteiger partial charge < -0.3 is 24.2 Å². The molecule has 2 saturated heterocycles. The van der Waals surface area contributed by atoms with Gasteiger partial charge in [0.2, 0.25) is 0 Å². The number of aliphatic carboxylic acids is 1. The molecule has 44 heavy (non-hydrogen) atoms. The van der Waals surface area contributed by atoms with Crippen LogP contribution in [0.4, 0.5) is 9.52 Å². The van der Waals surface area contributed by atoms with Crippen LogP contribution in [0.3, 0.4) is 0 Å². The number of rotatable bonds is 8. The molecule has 2 fully saturated rings. The number of benzene rings is 2. The van der Waals surface area contributed by atoms with Crippen LogP contribution in [0.2, 0.25) is 0 Å². The highest BCUT2D eigenvalue weighted by atomic mass is 32.1. The fraction of sp³-hybridized carbons (Fsp3) is 0.529. The third-order valence-corrected chi connectivity index (χ3v) is 10.4. The minimum absolute atomic E-state index is 0.339. The molecule has 6 rings (SSSR count). The van der Waals surface area contributed by atoms with Gasteiger partial charge in [-0.1, -0.05) is 25.1 Å². The maximum Gasteiger partial charge on any atom is 0.309 e. The second kappa shape index (κ2) is 13.5. The number of carboxylic acids is 1. The van der Waals surface area contributed by atoms with Gasteiger partial charge in [0.1, 0.15) is 18.2 Å². The van der Waals surface area contributed by atoms with Crippen molar-refractivity contribution < 1.29 is 28.5 Å². The molecule has 8 nitrogen and oxygen atoms in total. The van der Waals surface area contributed by atoms with Crippen LogP contribution in [0.1, 0.15) is 54.4 Å². The molecule has 3 aliphatic rings. The van der Waals surface area contributed by atoms with E-state index in [-0.39, 0.29) is 5.82 Å². The van der Waals surface area contributed by atoms with Crippen LogP contribution in [0.25, 0.3) is 11.3 Å². The van der Waals surface area contributed by atoms with Gasteiger partial charge in [0.15, 0.2) is 5.13 Å². The molecule has 2 aromatic carbocycles. The lowest BCUT2D eigenvalue weighted by atomic mass is 9.93. The van der Waals surface area contributed by atoms with E-state index in [0.717, 1.165) is 56.3 Å². The molecule has 0 unspecified atom stereocenters. The highest BCUT2D eigenvalue weighted by Crippen LogP contribution is 2.38. The first kappa shape index (κ1) is 31.0. The predicted molar refractivity (Wildman–Crippen MR) is 169 cm³/mol. The van der Waals surface area contributed by atoms with Gasteiger partial charge >= 0.3 is 5.97 Å². The predicted octanol–water partition coefficient (Wildman–Crippen LogP) is 5.90. The standard InChI is InChI=1S/C34H42FN3O5S/c1-21-14-25(35)16-29(30-20-44-34(36-30)38-11-7-27(33(39)40)31(18-38)41-3)32(21)43-19-23-4-5-24-6-10-37(17-22(2)28(24)15-23)26-8-12-42-13-9-26/h4-5,14-16,20,22,26-27,31H,6-13,17-19H2,1-3H3,(H,39,40)/t22-,27-,31+/m0/s1. The highest BCUT2D eigenvalue weighted by molar-refractivity contribution is 7.14. The Morgan fingerprint density at radius 3 is 2.75 bits per heavy atom. The Bertz CT molecular complexity index is 1480. The maximum absolute atomic E-state index is 14.7. The molecular formula is C34H42FN3O5S. The Morgan fingerprint density at radius 1 is 1.16 bits per heavy atom. The quantitative estimate of drug-likeness (QED) is 0.332. The summed E-state index contributed by atoms with van der Waals surface area (Å²) in [5.74, 6) is -0.673. The van der Waals surface area contributed by atoms with Crippen LogP contribution in [-0.4, -0.2) is 79.6 Å². The molecule has 0 bridgehead atoms. The minimum atomic E-state index is -0.839. The van der Waals surface area contributed by atoms with Crippen molar-refractivity contribution in [3.05, 3.63) is 63.8 Å². The van der Waals surface area contributed by atoms with Gasteiger partial charge in [-0.05, 0) is 72.9 Å². The monoisotopic (exact) mass is 623 g/mol. The van der Waals surface area contributed by atoms with E-state index < -0.39 is 18.0 Å². The second-order valence-corrected chi connectivity index (χ2v) is 13.2. The summed E-state index contributed by atoms with van der Waals surface area (Å²) < 4.78 is 32.2. The number of aryl methyl sites for hydroxylation is 1. The minimum Gasteiger partial charge on any atom is -0.488 e. The van der Waals surface area contributed by atoms with Crippen LogP contribution >= 0.6 is 11.3 Å². The molecule has 0 aliphatic carbocycles. The average molecular weight is 624 g/mol. The molecule has 3 aliphatic heterocycles. The molecule has 3 aromatic rings. The molecular weight excluding hydrogens is 581 g/mol. The molecule has 236 valence electrons. The lowest BCUT2D eigenvalue weighted by molar-refractivity contribution is -0.147. The zero-order chi connectivity index (χ0) is 30.8. The topological polar surface area (TPSA) is 84.4 Å². The third-order valence-electron chi connectivity index (χ3n) is 9.47. The number of carbonyl (C=O) groups is 1. The van der Waals surface area contributed by atoms with Crippen molar-refractivity contribution in [3.63, 3.8) is 0 Å². The number of methoxy groups -OCH3 is 1. The zero-order valence-electron chi connectivity index (χ0n) is 25.8. The van der Waals surface area contributed by atoms with Crippen LogP contribution < -0.4 is 9.64 Å². The van der Waals surface area contributed by atoms with Gasteiger partial charge in [-0.25, -0.2) is 9.37 Å². The van der Waals surface area contributed by atoms with E-state index in [1.165, 1.54) is 34.6 Å². The Hall–Kier alpha value is -3.05. The third kappa shape index (κ3) is 6.63. The van der Waals surface area contributed by atoms with Gasteiger partial charge in [0.05, 0.1) is 17.7 Å². The number of anilines is 1. The van der Waals surface area contributed by atoms with Gasteiger partial charge in [-0.15, -0.1) is 11.3 Å². The van der Waals surface area contributed by atoms with Gasteiger partial charge in [0, 0.05) is 63.5 Å². The molecule has 1 N–H and O–H groups in total. The molecule has 0 saturated carbocycles.